The van der Waals surface area contributed by atoms with E-state index in [1.807, 2.05) is 13.8 Å². The van der Waals surface area contributed by atoms with Crippen molar-refractivity contribution in [3.8, 4) is 34.5 Å². The van der Waals surface area contributed by atoms with Gasteiger partial charge in [0, 0.05) is 39.8 Å². The highest BCUT2D eigenvalue weighted by Gasteiger charge is 2.36. The van der Waals surface area contributed by atoms with Gasteiger partial charge >= 0.3 is 11.9 Å². The molecule has 0 atom stereocenters. The van der Waals surface area contributed by atoms with Gasteiger partial charge in [0.2, 0.25) is 0 Å². The zero-order valence-corrected chi connectivity index (χ0v) is 21.5. The third-order valence-electron chi connectivity index (χ3n) is 5.79. The lowest BCUT2D eigenvalue weighted by molar-refractivity contribution is -0.129. The number of carbonyl (C=O) groups is 2. The van der Waals surface area contributed by atoms with Gasteiger partial charge in [0.15, 0.2) is 23.0 Å². The number of esters is 2. The van der Waals surface area contributed by atoms with Crippen LogP contribution < -0.4 is 28.4 Å². The monoisotopic (exact) mass is 484 g/mol. The van der Waals surface area contributed by atoms with Crippen molar-refractivity contribution in [1.29, 1.82) is 0 Å². The smallest absolute Gasteiger partial charge is 0.335 e. The number of hydrogen-bond acceptors (Lipinski definition) is 8. The van der Waals surface area contributed by atoms with Crippen molar-refractivity contribution in [3.63, 3.8) is 0 Å². The van der Waals surface area contributed by atoms with E-state index < -0.39 is 17.4 Å². The highest BCUT2D eigenvalue weighted by atomic mass is 16.5. The van der Waals surface area contributed by atoms with Crippen molar-refractivity contribution >= 4 is 11.9 Å². The minimum atomic E-state index is -0.858. The highest BCUT2D eigenvalue weighted by molar-refractivity contribution is 5.85. The molecule has 0 saturated heterocycles. The predicted molar refractivity (Wildman–Crippen MR) is 132 cm³/mol. The molecule has 0 bridgehead atoms. The second-order valence-corrected chi connectivity index (χ2v) is 8.10. The first-order chi connectivity index (χ1) is 16.5. The lowest BCUT2D eigenvalue weighted by Crippen LogP contribution is -2.23. The van der Waals surface area contributed by atoms with Crippen molar-refractivity contribution in [2.24, 2.45) is 0 Å². The van der Waals surface area contributed by atoms with E-state index in [1.54, 1.807) is 26.0 Å². The highest BCUT2D eigenvalue weighted by Crippen LogP contribution is 2.52. The van der Waals surface area contributed by atoms with Crippen LogP contribution >= 0.6 is 0 Å². The Morgan fingerprint density at radius 3 is 1.26 bits per heavy atom. The van der Waals surface area contributed by atoms with E-state index in [0.29, 0.717) is 45.3 Å². The van der Waals surface area contributed by atoms with Gasteiger partial charge in [-0.2, -0.15) is 0 Å². The number of hydrogen-bond donors (Lipinski definition) is 0. The van der Waals surface area contributed by atoms with Crippen LogP contribution in [0.25, 0.3) is 0 Å². The van der Waals surface area contributed by atoms with E-state index in [1.165, 1.54) is 28.4 Å². The lowest BCUT2D eigenvalue weighted by atomic mass is 9.76. The second-order valence-electron chi connectivity index (χ2n) is 8.10. The Balaban J connectivity index is 2.95. The molecular formula is C27H32O8. The zero-order chi connectivity index (χ0) is 26.5. The first-order valence-corrected chi connectivity index (χ1v) is 10.7. The summed E-state index contributed by atoms with van der Waals surface area (Å²) in [6.07, 6.45) is 2.16. The summed E-state index contributed by atoms with van der Waals surface area (Å²) < 4.78 is 33.7. The van der Waals surface area contributed by atoms with E-state index in [9.17, 15) is 9.59 Å². The SMILES string of the molecule is C=CC(=O)Oc1cc(C(C)(C)c2cc(OC(=O)C=C)c(C)c(OC)c2OC)c(OC)c(OC)c1C. The van der Waals surface area contributed by atoms with Crippen molar-refractivity contribution in [2.45, 2.75) is 33.1 Å². The van der Waals surface area contributed by atoms with Crippen LogP contribution in [0.15, 0.2) is 37.4 Å². The Labute approximate surface area is 206 Å². The molecule has 188 valence electrons. The van der Waals surface area contributed by atoms with Gasteiger partial charge in [-0.1, -0.05) is 27.0 Å². The summed E-state index contributed by atoms with van der Waals surface area (Å²) in [5, 5.41) is 0. The molecular weight excluding hydrogens is 452 g/mol. The average molecular weight is 485 g/mol. The zero-order valence-electron chi connectivity index (χ0n) is 21.5. The summed E-state index contributed by atoms with van der Waals surface area (Å²) in [6, 6.07) is 3.42. The van der Waals surface area contributed by atoms with Crippen molar-refractivity contribution in [2.75, 3.05) is 28.4 Å². The number of rotatable bonds is 10. The Kier molecular flexibility index (Phi) is 8.57. The molecule has 8 heteroatoms. The molecule has 0 amide bonds. The van der Waals surface area contributed by atoms with Crippen LogP contribution in [0.1, 0.15) is 36.1 Å². The van der Waals surface area contributed by atoms with E-state index in [4.69, 9.17) is 28.4 Å². The van der Waals surface area contributed by atoms with Gasteiger partial charge in [-0.3, -0.25) is 0 Å². The first kappa shape index (κ1) is 27.3. The second kappa shape index (κ2) is 11.0. The summed E-state index contributed by atoms with van der Waals surface area (Å²) in [6.45, 7) is 14.3. The van der Waals surface area contributed by atoms with Crippen molar-refractivity contribution in [1.82, 2.24) is 0 Å². The van der Waals surface area contributed by atoms with Gasteiger partial charge in [-0.05, 0) is 26.0 Å². The normalized spacial score (nSPS) is 10.7. The van der Waals surface area contributed by atoms with Crippen LogP contribution in [0.3, 0.4) is 0 Å². The summed E-state index contributed by atoms with van der Waals surface area (Å²) in [7, 11) is 6.05. The maximum atomic E-state index is 12.0. The maximum Gasteiger partial charge on any atom is 0.335 e. The van der Waals surface area contributed by atoms with Gasteiger partial charge in [0.25, 0.3) is 0 Å². The van der Waals surface area contributed by atoms with E-state index in [2.05, 4.69) is 13.2 Å². The molecule has 8 nitrogen and oxygen atoms in total. The Morgan fingerprint density at radius 1 is 0.686 bits per heavy atom. The van der Waals surface area contributed by atoms with Crippen LogP contribution in [0.4, 0.5) is 0 Å². The van der Waals surface area contributed by atoms with Gasteiger partial charge in [-0.15, -0.1) is 0 Å². The van der Waals surface area contributed by atoms with Crippen LogP contribution in [0.5, 0.6) is 34.5 Å². The van der Waals surface area contributed by atoms with Crippen LogP contribution in [-0.4, -0.2) is 40.4 Å². The summed E-state index contributed by atoms with van der Waals surface area (Å²) in [4.78, 5) is 24.0. The summed E-state index contributed by atoms with van der Waals surface area (Å²) in [5.41, 5.74) is 1.55. The molecule has 0 heterocycles. The van der Waals surface area contributed by atoms with Gasteiger partial charge in [-0.25, -0.2) is 9.59 Å². The minimum absolute atomic E-state index is 0.284. The van der Waals surface area contributed by atoms with E-state index in [-0.39, 0.29) is 11.5 Å². The summed E-state index contributed by atoms with van der Waals surface area (Å²) in [5.74, 6) is 1.04. The predicted octanol–water partition coefficient (Wildman–Crippen LogP) is 4.85. The van der Waals surface area contributed by atoms with Crippen LogP contribution in [-0.2, 0) is 15.0 Å². The molecule has 2 aromatic carbocycles. The lowest BCUT2D eigenvalue weighted by Gasteiger charge is -2.32. The van der Waals surface area contributed by atoms with Crippen molar-refractivity contribution in [3.05, 3.63) is 59.7 Å². The van der Waals surface area contributed by atoms with Gasteiger partial charge in [0.1, 0.15) is 11.5 Å². The molecule has 2 aromatic rings. The number of carbonyl (C=O) groups excluding carboxylic acids is 2. The van der Waals surface area contributed by atoms with Gasteiger partial charge in [0.05, 0.1) is 28.4 Å². The molecule has 0 radical (unpaired) electrons. The molecule has 0 spiro atoms. The molecule has 35 heavy (non-hydrogen) atoms. The Morgan fingerprint density at radius 2 is 1.00 bits per heavy atom. The fourth-order valence-corrected chi connectivity index (χ4v) is 3.90. The van der Waals surface area contributed by atoms with E-state index in [0.717, 1.165) is 12.2 Å². The quantitative estimate of drug-likeness (QED) is 0.269. The maximum absolute atomic E-state index is 12.0. The van der Waals surface area contributed by atoms with Crippen LogP contribution in [0.2, 0.25) is 0 Å². The molecule has 0 unspecified atom stereocenters. The molecule has 0 aliphatic carbocycles. The van der Waals surface area contributed by atoms with Gasteiger partial charge < -0.3 is 28.4 Å². The molecule has 0 aromatic heterocycles. The molecule has 0 saturated carbocycles. The fraction of sp³-hybridized carbons (Fsp3) is 0.333. The standard InChI is InChI=1S/C27H32O8/c1-11-21(28)34-19-13-17(25(32-9)23(30-7)15(19)3)27(5,6)18-14-20(35-22(29)12-2)16(4)24(31-8)26(18)33-10/h11-14H,1-2H2,3-10H3. The van der Waals surface area contributed by atoms with Crippen LogP contribution in [0, 0.1) is 13.8 Å². The Bertz CT molecular complexity index is 1070. The third-order valence-corrected chi connectivity index (χ3v) is 5.79. The Hall–Kier alpha value is -3.94. The largest absolute Gasteiger partial charge is 0.493 e. The third kappa shape index (κ3) is 5.11. The first-order valence-electron chi connectivity index (χ1n) is 10.7. The number of benzene rings is 2. The average Bonchev–Trinajstić information content (AvgIpc) is 2.84. The molecule has 0 aliphatic heterocycles. The minimum Gasteiger partial charge on any atom is -0.493 e. The van der Waals surface area contributed by atoms with Crippen molar-refractivity contribution < 1.29 is 38.0 Å². The molecule has 0 aliphatic rings. The molecule has 2 rings (SSSR count). The molecule has 0 fully saturated rings. The topological polar surface area (TPSA) is 89.5 Å². The number of methoxy groups -OCH3 is 4. The fourth-order valence-electron chi connectivity index (χ4n) is 3.90. The van der Waals surface area contributed by atoms with E-state index >= 15 is 0 Å². The summed E-state index contributed by atoms with van der Waals surface area (Å²) >= 11 is 0. The molecule has 0 N–H and O–H groups in total. The number of ether oxygens (including phenoxy) is 6.